The van der Waals surface area contributed by atoms with Crippen LogP contribution >= 0.6 is 34.5 Å². The van der Waals surface area contributed by atoms with E-state index in [0.717, 1.165) is 4.88 Å². The molecular formula is C13H8Cl2N2O2S. The van der Waals surface area contributed by atoms with E-state index in [9.17, 15) is 0 Å². The van der Waals surface area contributed by atoms with Gasteiger partial charge in [0.1, 0.15) is 0 Å². The lowest BCUT2D eigenvalue weighted by Crippen LogP contribution is -1.98. The van der Waals surface area contributed by atoms with E-state index in [1.54, 1.807) is 18.2 Å². The molecule has 102 valence electrons. The molecule has 7 heteroatoms. The maximum Gasteiger partial charge on any atom is 0.268 e. The first kappa shape index (κ1) is 13.4. The summed E-state index contributed by atoms with van der Waals surface area (Å²) in [5, 5.41) is 6.69. The Morgan fingerprint density at radius 1 is 1.15 bits per heavy atom. The molecular weight excluding hydrogens is 319 g/mol. The van der Waals surface area contributed by atoms with Crippen molar-refractivity contribution in [3.8, 4) is 16.5 Å². The fourth-order valence-electron chi connectivity index (χ4n) is 1.57. The average molecular weight is 327 g/mol. The molecule has 0 unspecified atom stereocenters. The summed E-state index contributed by atoms with van der Waals surface area (Å²) in [6.45, 7) is 0.137. The van der Waals surface area contributed by atoms with Crippen molar-refractivity contribution in [2.24, 2.45) is 0 Å². The number of rotatable bonds is 4. The van der Waals surface area contributed by atoms with Crippen molar-refractivity contribution in [1.82, 2.24) is 10.1 Å². The Morgan fingerprint density at radius 2 is 1.95 bits per heavy atom. The van der Waals surface area contributed by atoms with Crippen LogP contribution in [0, 0.1) is 0 Å². The first-order chi connectivity index (χ1) is 9.74. The van der Waals surface area contributed by atoms with E-state index >= 15 is 0 Å². The summed E-state index contributed by atoms with van der Waals surface area (Å²) in [7, 11) is 0. The number of thiophene rings is 1. The molecule has 3 rings (SSSR count). The maximum atomic E-state index is 6.01. The van der Waals surface area contributed by atoms with Gasteiger partial charge in [0.25, 0.3) is 5.89 Å². The SMILES string of the molecule is Clc1cccc(Cl)c1OCc1noc(-c2cccs2)n1. The number of nitrogens with zero attached hydrogens (tertiary/aromatic N) is 2. The van der Waals surface area contributed by atoms with Gasteiger partial charge in [-0.25, -0.2) is 0 Å². The van der Waals surface area contributed by atoms with Gasteiger partial charge in [0.05, 0.1) is 14.9 Å². The first-order valence-corrected chi connectivity index (χ1v) is 7.31. The third kappa shape index (κ3) is 2.80. The second-order valence-corrected chi connectivity index (χ2v) is 5.59. The Balaban J connectivity index is 1.73. The quantitative estimate of drug-likeness (QED) is 0.698. The van der Waals surface area contributed by atoms with Crippen molar-refractivity contribution in [2.45, 2.75) is 6.61 Å². The molecule has 2 heterocycles. The monoisotopic (exact) mass is 326 g/mol. The van der Waals surface area contributed by atoms with Crippen LogP contribution in [-0.4, -0.2) is 10.1 Å². The second kappa shape index (κ2) is 5.83. The van der Waals surface area contributed by atoms with Gasteiger partial charge in [-0.05, 0) is 23.6 Å². The largest absolute Gasteiger partial charge is 0.482 e. The van der Waals surface area contributed by atoms with Crippen LogP contribution in [0.15, 0.2) is 40.2 Å². The standard InChI is InChI=1S/C13H8Cl2N2O2S/c14-8-3-1-4-9(15)12(8)18-7-11-16-13(19-17-11)10-5-2-6-20-10/h1-6H,7H2. The minimum atomic E-state index is 0.137. The summed E-state index contributed by atoms with van der Waals surface area (Å²) in [6.07, 6.45) is 0. The minimum Gasteiger partial charge on any atom is -0.482 e. The number of hydrogen-bond donors (Lipinski definition) is 0. The summed E-state index contributed by atoms with van der Waals surface area (Å²) in [5.74, 6) is 1.33. The number of benzene rings is 1. The number of ether oxygens (including phenoxy) is 1. The third-order valence-electron chi connectivity index (χ3n) is 2.46. The average Bonchev–Trinajstić information content (AvgIpc) is 3.09. The summed E-state index contributed by atoms with van der Waals surface area (Å²) in [6, 6.07) is 8.99. The molecule has 0 aliphatic carbocycles. The lowest BCUT2D eigenvalue weighted by molar-refractivity contribution is 0.287. The molecule has 0 N–H and O–H groups in total. The molecule has 0 fully saturated rings. The van der Waals surface area contributed by atoms with E-state index in [-0.39, 0.29) is 6.61 Å². The van der Waals surface area contributed by atoms with Crippen LogP contribution in [0.2, 0.25) is 10.0 Å². The van der Waals surface area contributed by atoms with E-state index in [4.69, 9.17) is 32.5 Å². The smallest absolute Gasteiger partial charge is 0.268 e. The molecule has 3 aromatic rings. The fraction of sp³-hybridized carbons (Fsp3) is 0.0769. The van der Waals surface area contributed by atoms with Gasteiger partial charge in [-0.15, -0.1) is 11.3 Å². The highest BCUT2D eigenvalue weighted by Gasteiger charge is 2.12. The number of hydrogen-bond acceptors (Lipinski definition) is 5. The highest BCUT2D eigenvalue weighted by atomic mass is 35.5. The predicted octanol–water partition coefficient (Wildman–Crippen LogP) is 4.68. The van der Waals surface area contributed by atoms with E-state index < -0.39 is 0 Å². The Labute approximate surface area is 128 Å². The molecule has 0 saturated carbocycles. The van der Waals surface area contributed by atoms with Crippen LogP contribution in [0.25, 0.3) is 10.8 Å². The van der Waals surface area contributed by atoms with Crippen LogP contribution in [-0.2, 0) is 6.61 Å². The third-order valence-corrected chi connectivity index (χ3v) is 3.92. The molecule has 0 radical (unpaired) electrons. The van der Waals surface area contributed by atoms with Gasteiger partial charge in [-0.3, -0.25) is 0 Å². The van der Waals surface area contributed by atoms with E-state index in [1.807, 2.05) is 17.5 Å². The van der Waals surface area contributed by atoms with Crippen LogP contribution in [0.5, 0.6) is 5.75 Å². The second-order valence-electron chi connectivity index (χ2n) is 3.83. The molecule has 0 amide bonds. The lowest BCUT2D eigenvalue weighted by Gasteiger charge is -2.06. The van der Waals surface area contributed by atoms with E-state index in [0.29, 0.717) is 27.5 Å². The van der Waals surface area contributed by atoms with Crippen molar-refractivity contribution < 1.29 is 9.26 Å². The van der Waals surface area contributed by atoms with Crippen molar-refractivity contribution in [2.75, 3.05) is 0 Å². The molecule has 0 aliphatic rings. The number of aromatic nitrogens is 2. The summed E-state index contributed by atoms with van der Waals surface area (Å²) in [5.41, 5.74) is 0. The van der Waals surface area contributed by atoms with Crippen LogP contribution in [0.1, 0.15) is 5.82 Å². The van der Waals surface area contributed by atoms with Gasteiger partial charge in [-0.2, -0.15) is 4.98 Å². The zero-order valence-corrected chi connectivity index (χ0v) is 12.4. The molecule has 20 heavy (non-hydrogen) atoms. The number of para-hydroxylation sites is 1. The Hall–Kier alpha value is -1.56. The Bertz CT molecular complexity index is 693. The minimum absolute atomic E-state index is 0.137. The highest BCUT2D eigenvalue weighted by molar-refractivity contribution is 7.13. The predicted molar refractivity (Wildman–Crippen MR) is 78.4 cm³/mol. The van der Waals surface area contributed by atoms with Crippen molar-refractivity contribution in [3.05, 3.63) is 51.6 Å². The molecule has 4 nitrogen and oxygen atoms in total. The normalized spacial score (nSPS) is 10.7. The first-order valence-electron chi connectivity index (χ1n) is 5.67. The van der Waals surface area contributed by atoms with Gasteiger partial charge < -0.3 is 9.26 Å². The lowest BCUT2D eigenvalue weighted by atomic mass is 10.3. The van der Waals surface area contributed by atoms with Gasteiger partial charge in [0.15, 0.2) is 12.4 Å². The Morgan fingerprint density at radius 3 is 2.65 bits per heavy atom. The van der Waals surface area contributed by atoms with Gasteiger partial charge in [0, 0.05) is 0 Å². The fourth-order valence-corrected chi connectivity index (χ4v) is 2.72. The van der Waals surface area contributed by atoms with E-state index in [2.05, 4.69) is 10.1 Å². The topological polar surface area (TPSA) is 48.2 Å². The zero-order chi connectivity index (χ0) is 13.9. The van der Waals surface area contributed by atoms with Crippen molar-refractivity contribution in [3.63, 3.8) is 0 Å². The van der Waals surface area contributed by atoms with Gasteiger partial charge >= 0.3 is 0 Å². The summed E-state index contributed by atoms with van der Waals surface area (Å²) in [4.78, 5) is 5.16. The molecule has 0 spiro atoms. The van der Waals surface area contributed by atoms with E-state index in [1.165, 1.54) is 11.3 Å². The van der Waals surface area contributed by atoms with Crippen molar-refractivity contribution in [1.29, 1.82) is 0 Å². The van der Waals surface area contributed by atoms with Gasteiger partial charge in [-0.1, -0.05) is 40.5 Å². The summed E-state index contributed by atoms with van der Waals surface area (Å²) >= 11 is 13.5. The Kier molecular flexibility index (Phi) is 3.91. The number of halogens is 2. The van der Waals surface area contributed by atoms with Crippen molar-refractivity contribution >= 4 is 34.5 Å². The molecule has 2 aromatic heterocycles. The highest BCUT2D eigenvalue weighted by Crippen LogP contribution is 2.33. The molecule has 1 aromatic carbocycles. The zero-order valence-electron chi connectivity index (χ0n) is 10.0. The van der Waals surface area contributed by atoms with Crippen LogP contribution < -0.4 is 4.74 Å². The van der Waals surface area contributed by atoms with Crippen LogP contribution in [0.3, 0.4) is 0 Å². The van der Waals surface area contributed by atoms with Gasteiger partial charge in [0.2, 0.25) is 5.82 Å². The maximum absolute atomic E-state index is 6.01. The summed E-state index contributed by atoms with van der Waals surface area (Å²) < 4.78 is 10.7. The molecule has 0 atom stereocenters. The molecule has 0 bridgehead atoms. The molecule has 0 saturated heterocycles. The van der Waals surface area contributed by atoms with Crippen LogP contribution in [0.4, 0.5) is 0 Å². The molecule has 0 aliphatic heterocycles.